The molecule has 1 heterocycles. The number of rotatable bonds is 10. The van der Waals surface area contributed by atoms with Crippen LogP contribution in [0.15, 0.2) is 29.7 Å². The molecule has 2 fully saturated rings. The van der Waals surface area contributed by atoms with Crippen LogP contribution in [0.4, 0.5) is 4.79 Å². The highest BCUT2D eigenvalue weighted by Gasteiger charge is 2.58. The minimum atomic E-state index is -0.172. The SMILES string of the molecule is CC1=C(CCNC(=O)NCCCCCCc2cnccn2)[C@@H]2CC[C@H]3C(C)(C)[C@@H](O)CC[C@]3(C)[C@H]2CC1. The predicted octanol–water partition coefficient (Wildman–Crippen LogP) is 6.21. The number of fused-ring (bicyclic) bond motifs is 3. The third kappa shape index (κ3) is 6.38. The quantitative estimate of drug-likeness (QED) is 0.258. The molecule has 0 radical (unpaired) electrons. The smallest absolute Gasteiger partial charge is 0.314 e. The first kappa shape index (κ1) is 28.1. The van der Waals surface area contributed by atoms with Crippen LogP contribution in [0.25, 0.3) is 0 Å². The van der Waals surface area contributed by atoms with E-state index in [0.29, 0.717) is 29.7 Å². The van der Waals surface area contributed by atoms with E-state index in [1.54, 1.807) is 23.5 Å². The second-order valence-corrected chi connectivity index (χ2v) is 12.9. The Hall–Kier alpha value is -1.95. The number of amides is 2. The maximum Gasteiger partial charge on any atom is 0.314 e. The maximum atomic E-state index is 12.4. The second kappa shape index (κ2) is 12.3. The molecule has 3 N–H and O–H groups in total. The van der Waals surface area contributed by atoms with Crippen LogP contribution >= 0.6 is 0 Å². The Kier molecular flexibility index (Phi) is 9.31. The number of nitrogens with one attached hydrogen (secondary N) is 2. The van der Waals surface area contributed by atoms with E-state index in [2.05, 4.69) is 48.3 Å². The molecule has 0 aliphatic heterocycles. The number of aromatic nitrogens is 2. The molecule has 0 saturated heterocycles. The van der Waals surface area contributed by atoms with Crippen LogP contribution in [0.5, 0.6) is 0 Å². The number of aryl methyl sites for hydroxylation is 1. The number of carbonyl (C=O) groups is 1. The molecule has 5 atom stereocenters. The number of unbranched alkanes of at least 4 members (excludes halogenated alkanes) is 3. The van der Waals surface area contributed by atoms with Crippen LogP contribution < -0.4 is 10.6 Å². The van der Waals surface area contributed by atoms with E-state index in [0.717, 1.165) is 63.6 Å². The summed E-state index contributed by atoms with van der Waals surface area (Å²) >= 11 is 0. The van der Waals surface area contributed by atoms with Crippen molar-refractivity contribution in [3.8, 4) is 0 Å². The van der Waals surface area contributed by atoms with Crippen LogP contribution in [0, 0.1) is 28.6 Å². The van der Waals surface area contributed by atoms with E-state index in [1.807, 2.05) is 6.20 Å². The summed E-state index contributed by atoms with van der Waals surface area (Å²) in [6, 6.07) is -0.0381. The van der Waals surface area contributed by atoms with Gasteiger partial charge < -0.3 is 15.7 Å². The lowest BCUT2D eigenvalue weighted by atomic mass is 9.43. The molecule has 1 aromatic rings. The summed E-state index contributed by atoms with van der Waals surface area (Å²) in [5, 5.41) is 16.9. The summed E-state index contributed by atoms with van der Waals surface area (Å²) in [5.41, 5.74) is 4.55. The lowest BCUT2D eigenvalue weighted by Crippen LogP contribution is -2.57. The van der Waals surface area contributed by atoms with E-state index in [4.69, 9.17) is 0 Å². The van der Waals surface area contributed by atoms with Gasteiger partial charge in [0.1, 0.15) is 0 Å². The largest absolute Gasteiger partial charge is 0.393 e. The molecule has 4 rings (SSSR count). The fourth-order valence-corrected chi connectivity index (χ4v) is 8.24. The van der Waals surface area contributed by atoms with Gasteiger partial charge in [-0.3, -0.25) is 9.97 Å². The first-order valence-electron chi connectivity index (χ1n) is 14.9. The fourth-order valence-electron chi connectivity index (χ4n) is 8.24. The summed E-state index contributed by atoms with van der Waals surface area (Å²) in [7, 11) is 0. The molecule has 1 aromatic heterocycles. The van der Waals surface area contributed by atoms with Crippen LogP contribution in [0.3, 0.4) is 0 Å². The zero-order chi connectivity index (χ0) is 26.5. The Labute approximate surface area is 224 Å². The average molecular weight is 511 g/mol. The number of aliphatic hydroxyl groups excluding tert-OH is 1. The van der Waals surface area contributed by atoms with Gasteiger partial charge in [-0.2, -0.15) is 0 Å². The number of carbonyl (C=O) groups excluding carboxylic acids is 1. The van der Waals surface area contributed by atoms with E-state index in [-0.39, 0.29) is 17.6 Å². The van der Waals surface area contributed by atoms with Crippen LogP contribution in [-0.4, -0.2) is 40.3 Å². The molecule has 206 valence electrons. The number of aliphatic hydroxyl groups is 1. The average Bonchev–Trinajstić information content (AvgIpc) is 2.88. The van der Waals surface area contributed by atoms with Crippen LogP contribution in [-0.2, 0) is 6.42 Å². The lowest BCUT2D eigenvalue weighted by Gasteiger charge is -2.62. The molecule has 6 nitrogen and oxygen atoms in total. The van der Waals surface area contributed by atoms with Crippen molar-refractivity contribution in [2.24, 2.45) is 28.6 Å². The van der Waals surface area contributed by atoms with E-state index < -0.39 is 0 Å². The lowest BCUT2D eigenvalue weighted by molar-refractivity contribution is -0.149. The zero-order valence-corrected chi connectivity index (χ0v) is 23.7. The van der Waals surface area contributed by atoms with Crippen molar-refractivity contribution in [2.75, 3.05) is 13.1 Å². The molecule has 2 amide bonds. The third-order valence-electron chi connectivity index (χ3n) is 10.4. The number of allylic oxidation sites excluding steroid dienone is 1. The van der Waals surface area contributed by atoms with Crippen molar-refractivity contribution < 1.29 is 9.90 Å². The summed E-state index contributed by atoms with van der Waals surface area (Å²) in [4.78, 5) is 20.8. The van der Waals surface area contributed by atoms with Gasteiger partial charge in [-0.25, -0.2) is 4.79 Å². The highest BCUT2D eigenvalue weighted by molar-refractivity contribution is 5.73. The van der Waals surface area contributed by atoms with Gasteiger partial charge in [0, 0.05) is 31.7 Å². The molecule has 6 heteroatoms. The zero-order valence-electron chi connectivity index (χ0n) is 23.7. The van der Waals surface area contributed by atoms with Gasteiger partial charge in [0.05, 0.1) is 11.8 Å². The van der Waals surface area contributed by atoms with Gasteiger partial charge >= 0.3 is 6.03 Å². The minimum Gasteiger partial charge on any atom is -0.393 e. The van der Waals surface area contributed by atoms with Crippen molar-refractivity contribution in [2.45, 2.75) is 111 Å². The first-order valence-corrected chi connectivity index (χ1v) is 14.9. The Balaban J connectivity index is 1.17. The Morgan fingerprint density at radius 3 is 2.57 bits per heavy atom. The van der Waals surface area contributed by atoms with Gasteiger partial charge in [-0.15, -0.1) is 0 Å². The van der Waals surface area contributed by atoms with Gasteiger partial charge in [0.15, 0.2) is 0 Å². The molecule has 2 saturated carbocycles. The molecule has 0 unspecified atom stereocenters. The standard InChI is InChI=1S/C31H50N4O2/c1-22-10-12-26-25(11-13-27-30(2,3)28(36)14-16-31(26,27)4)24(22)15-18-35-29(37)34-17-8-6-5-7-9-23-21-32-19-20-33-23/h19-21,25-28,36H,5-18H2,1-4H3,(H2,34,35,37)/t25-,26-,27-,28-,31+/m0/s1. The van der Waals surface area contributed by atoms with Crippen LogP contribution in [0.1, 0.15) is 104 Å². The predicted molar refractivity (Wildman–Crippen MR) is 149 cm³/mol. The van der Waals surface area contributed by atoms with Crippen molar-refractivity contribution in [1.29, 1.82) is 0 Å². The van der Waals surface area contributed by atoms with Crippen molar-refractivity contribution >= 4 is 6.03 Å². The van der Waals surface area contributed by atoms with Gasteiger partial charge in [0.25, 0.3) is 0 Å². The summed E-state index contributed by atoms with van der Waals surface area (Å²) in [6.07, 6.45) is 18.4. The summed E-state index contributed by atoms with van der Waals surface area (Å²) in [6.45, 7) is 10.9. The number of hydrogen-bond acceptors (Lipinski definition) is 4. The maximum absolute atomic E-state index is 12.4. The Bertz CT molecular complexity index is 930. The second-order valence-electron chi connectivity index (χ2n) is 12.9. The molecular weight excluding hydrogens is 460 g/mol. The highest BCUT2D eigenvalue weighted by Crippen LogP contribution is 2.64. The normalized spacial score (nSPS) is 30.8. The molecule has 3 aliphatic carbocycles. The monoisotopic (exact) mass is 510 g/mol. The number of urea groups is 1. The fraction of sp³-hybridized carbons (Fsp3) is 0.774. The molecule has 0 aromatic carbocycles. The van der Waals surface area contributed by atoms with Gasteiger partial charge in [0.2, 0.25) is 0 Å². The van der Waals surface area contributed by atoms with Crippen molar-refractivity contribution in [3.05, 3.63) is 35.4 Å². The summed E-state index contributed by atoms with van der Waals surface area (Å²) in [5.74, 6) is 1.95. The molecule has 0 spiro atoms. The van der Waals surface area contributed by atoms with Crippen LogP contribution in [0.2, 0.25) is 0 Å². The first-order chi connectivity index (χ1) is 17.7. The topological polar surface area (TPSA) is 87.1 Å². The molecule has 37 heavy (non-hydrogen) atoms. The highest BCUT2D eigenvalue weighted by atomic mass is 16.3. The summed E-state index contributed by atoms with van der Waals surface area (Å²) < 4.78 is 0. The minimum absolute atomic E-state index is 0.00453. The van der Waals surface area contributed by atoms with Gasteiger partial charge in [-0.1, -0.05) is 44.8 Å². The third-order valence-corrected chi connectivity index (χ3v) is 10.4. The van der Waals surface area contributed by atoms with E-state index >= 15 is 0 Å². The van der Waals surface area contributed by atoms with Crippen molar-refractivity contribution in [1.82, 2.24) is 20.6 Å². The Morgan fingerprint density at radius 2 is 1.78 bits per heavy atom. The number of nitrogens with zero attached hydrogens (tertiary/aromatic N) is 2. The van der Waals surface area contributed by atoms with Crippen molar-refractivity contribution in [3.63, 3.8) is 0 Å². The number of hydrogen-bond donors (Lipinski definition) is 3. The molecule has 0 bridgehead atoms. The molecule has 3 aliphatic rings. The van der Waals surface area contributed by atoms with E-state index in [1.165, 1.54) is 25.7 Å². The molecular formula is C31H50N4O2. The van der Waals surface area contributed by atoms with E-state index in [9.17, 15) is 9.90 Å². The van der Waals surface area contributed by atoms with Gasteiger partial charge in [-0.05, 0) is 99.7 Å². The Morgan fingerprint density at radius 1 is 1.00 bits per heavy atom.